The molecule has 6 rings (SSSR count). The Morgan fingerprint density at radius 3 is 2.56 bits per heavy atom. The maximum Gasteiger partial charge on any atom is 0.418 e. The van der Waals surface area contributed by atoms with Crippen LogP contribution in [-0.4, -0.2) is 41.6 Å². The Balaban J connectivity index is 1.42. The highest BCUT2D eigenvalue weighted by molar-refractivity contribution is 5.58. The highest BCUT2D eigenvalue weighted by Gasteiger charge is 2.35. The number of hydrogen-bond donors (Lipinski definition) is 1. The third-order valence-electron chi connectivity index (χ3n) is 8.81. The van der Waals surface area contributed by atoms with Crippen LogP contribution in [0, 0.1) is 11.8 Å². The summed E-state index contributed by atoms with van der Waals surface area (Å²) in [4.78, 5) is 20.5. The van der Waals surface area contributed by atoms with Crippen LogP contribution < -0.4 is 5.69 Å². The summed E-state index contributed by atoms with van der Waals surface area (Å²) in [6, 6.07) is 8.67. The van der Waals surface area contributed by atoms with Gasteiger partial charge in [0.1, 0.15) is 5.82 Å². The Morgan fingerprint density at radius 2 is 1.90 bits per heavy atom. The summed E-state index contributed by atoms with van der Waals surface area (Å²) in [5, 5.41) is 9.63. The fourth-order valence-electron chi connectivity index (χ4n) is 6.62. The first-order valence-electron chi connectivity index (χ1n) is 14.4. The average molecular weight is 568 g/mol. The lowest BCUT2D eigenvalue weighted by Gasteiger charge is -2.34. The molecular weight excluding hydrogens is 531 g/mol. The van der Waals surface area contributed by atoms with Gasteiger partial charge in [0.05, 0.1) is 29.1 Å². The predicted molar refractivity (Wildman–Crippen MR) is 150 cm³/mol. The molecule has 4 aromatic rings. The van der Waals surface area contributed by atoms with Gasteiger partial charge in [-0.15, -0.1) is 0 Å². The lowest BCUT2D eigenvalue weighted by molar-refractivity contribution is -0.136. The number of hydrogen-bond acceptors (Lipinski definition) is 4. The Bertz CT molecular complexity index is 1610. The van der Waals surface area contributed by atoms with E-state index in [1.807, 2.05) is 36.0 Å². The van der Waals surface area contributed by atoms with Crippen molar-refractivity contribution >= 4 is 5.52 Å². The number of imidazole rings is 2. The van der Waals surface area contributed by atoms with Crippen LogP contribution in [0.25, 0.3) is 11.2 Å². The van der Waals surface area contributed by atoms with E-state index in [1.165, 1.54) is 16.8 Å². The number of aryl methyl sites for hydroxylation is 1. The zero-order valence-electron chi connectivity index (χ0n) is 23.4. The monoisotopic (exact) mass is 567 g/mol. The highest BCUT2D eigenvalue weighted by Crippen LogP contribution is 2.43. The lowest BCUT2D eigenvalue weighted by Crippen LogP contribution is -2.34. The zero-order chi connectivity index (χ0) is 28.9. The van der Waals surface area contributed by atoms with Crippen molar-refractivity contribution < 1.29 is 18.3 Å². The van der Waals surface area contributed by atoms with Crippen molar-refractivity contribution in [2.75, 3.05) is 13.1 Å². The van der Waals surface area contributed by atoms with E-state index >= 15 is 0 Å². The van der Waals surface area contributed by atoms with Crippen molar-refractivity contribution in [2.45, 2.75) is 64.3 Å². The van der Waals surface area contributed by atoms with Crippen molar-refractivity contribution in [3.8, 4) is 5.69 Å². The summed E-state index contributed by atoms with van der Waals surface area (Å²) in [5.74, 6) is 1.64. The number of aromatic nitrogens is 4. The largest absolute Gasteiger partial charge is 0.418 e. The maximum atomic E-state index is 14.3. The molecule has 3 aromatic heterocycles. The van der Waals surface area contributed by atoms with Gasteiger partial charge in [-0.1, -0.05) is 25.5 Å². The number of pyridine rings is 1. The van der Waals surface area contributed by atoms with Gasteiger partial charge in [0, 0.05) is 44.6 Å². The second kappa shape index (κ2) is 10.8. The van der Waals surface area contributed by atoms with E-state index in [-0.39, 0.29) is 18.0 Å². The number of likely N-dealkylation sites (tertiary alicyclic amines) is 1. The van der Waals surface area contributed by atoms with E-state index in [9.17, 15) is 23.1 Å². The molecule has 0 spiro atoms. The Kier molecular flexibility index (Phi) is 7.32. The molecular formula is C31H36F3N5O2. The number of alkyl halides is 3. The normalized spacial score (nSPS) is 19.5. The van der Waals surface area contributed by atoms with E-state index < -0.39 is 17.4 Å². The van der Waals surface area contributed by atoms with Crippen LogP contribution in [0.4, 0.5) is 13.2 Å². The Hall–Kier alpha value is -3.37. The molecule has 1 aliphatic carbocycles. The second-order valence-corrected chi connectivity index (χ2v) is 11.9. The lowest BCUT2D eigenvalue weighted by atomic mass is 9.72. The topological polar surface area (TPSA) is 67.7 Å². The second-order valence-electron chi connectivity index (χ2n) is 11.9. The molecule has 10 heteroatoms. The molecule has 1 saturated carbocycles. The van der Waals surface area contributed by atoms with Crippen LogP contribution >= 0.6 is 0 Å². The van der Waals surface area contributed by atoms with Crippen molar-refractivity contribution in [1.82, 2.24) is 23.4 Å². The van der Waals surface area contributed by atoms with Crippen LogP contribution in [0.15, 0.2) is 53.7 Å². The molecule has 0 radical (unpaired) electrons. The average Bonchev–Trinajstić information content (AvgIpc) is 3.44. The number of fused-ring (bicyclic) bond motifs is 1. The summed E-state index contributed by atoms with van der Waals surface area (Å²) in [6.07, 6.45) is 5.43. The quantitative estimate of drug-likeness (QED) is 0.320. The van der Waals surface area contributed by atoms with Crippen molar-refractivity contribution in [1.29, 1.82) is 0 Å². The molecule has 1 aromatic carbocycles. The summed E-state index contributed by atoms with van der Waals surface area (Å²) in [7, 11) is 1.91. The van der Waals surface area contributed by atoms with Gasteiger partial charge in [-0.2, -0.15) is 13.2 Å². The zero-order valence-corrected chi connectivity index (χ0v) is 23.4. The molecule has 7 nitrogen and oxygen atoms in total. The minimum Gasteiger partial charge on any atom is -0.390 e. The molecule has 0 bridgehead atoms. The molecule has 1 saturated heterocycles. The van der Waals surface area contributed by atoms with Crippen molar-refractivity contribution in [2.24, 2.45) is 18.9 Å². The van der Waals surface area contributed by atoms with E-state index in [0.29, 0.717) is 35.3 Å². The molecule has 1 N–H and O–H groups in total. The van der Waals surface area contributed by atoms with Gasteiger partial charge in [-0.05, 0) is 73.4 Å². The summed E-state index contributed by atoms with van der Waals surface area (Å²) >= 11 is 0. The first kappa shape index (κ1) is 27.8. The molecule has 2 fully saturated rings. The minimum atomic E-state index is -4.60. The van der Waals surface area contributed by atoms with E-state index in [1.54, 1.807) is 12.3 Å². The van der Waals surface area contributed by atoms with Crippen molar-refractivity contribution in [3.05, 3.63) is 87.6 Å². The summed E-state index contributed by atoms with van der Waals surface area (Å²) < 4.78 is 47.2. The number of halogens is 3. The highest BCUT2D eigenvalue weighted by atomic mass is 19.4. The number of piperidine rings is 1. The van der Waals surface area contributed by atoms with Gasteiger partial charge < -0.3 is 9.67 Å². The van der Waals surface area contributed by atoms with Crippen LogP contribution in [-0.2, 0) is 26.4 Å². The standard InChI is InChI=1S/C31H36F3N5O2/c1-20-6-5-11-37(14-20)15-21-12-26(31(32,33)34)27-18-38(30(41)39(27)16-21)25-10-4-9-23(13-25)28(22-7-3-8-22)29-35-24(19-40)17-36(29)2/h4,9-10,12-13,16-18,20,22,28,40H,3,5-8,11,14-15,19H2,1-2H3/t20-,28?/m0/s1. The Labute approximate surface area is 236 Å². The van der Waals surface area contributed by atoms with Gasteiger partial charge in [-0.3, -0.25) is 13.9 Å². The third kappa shape index (κ3) is 5.35. The third-order valence-corrected chi connectivity index (χ3v) is 8.81. The summed E-state index contributed by atoms with van der Waals surface area (Å²) in [6.45, 7) is 4.05. The number of nitrogens with zero attached hydrogens (tertiary/aromatic N) is 5. The van der Waals surface area contributed by atoms with E-state index in [4.69, 9.17) is 0 Å². The van der Waals surface area contributed by atoms with E-state index in [0.717, 1.165) is 61.0 Å². The number of benzene rings is 1. The van der Waals surface area contributed by atoms with Gasteiger partial charge in [0.15, 0.2) is 0 Å². The molecule has 4 heterocycles. The smallest absolute Gasteiger partial charge is 0.390 e. The summed E-state index contributed by atoms with van der Waals surface area (Å²) in [5.41, 5.74) is 1.04. The van der Waals surface area contributed by atoms with Crippen molar-refractivity contribution in [3.63, 3.8) is 0 Å². The first-order chi connectivity index (χ1) is 19.6. The fraction of sp³-hybridized carbons (Fsp3) is 0.484. The molecule has 0 amide bonds. The van der Waals surface area contributed by atoms with Crippen LogP contribution in [0.3, 0.4) is 0 Å². The van der Waals surface area contributed by atoms with Gasteiger partial charge >= 0.3 is 11.9 Å². The molecule has 1 aliphatic heterocycles. The maximum absolute atomic E-state index is 14.3. The number of aliphatic hydroxyl groups is 1. The Morgan fingerprint density at radius 1 is 1.10 bits per heavy atom. The van der Waals surface area contributed by atoms with E-state index in [2.05, 4.69) is 16.8 Å². The molecule has 218 valence electrons. The van der Waals surface area contributed by atoms with Crippen LogP contribution in [0.5, 0.6) is 0 Å². The van der Waals surface area contributed by atoms with Gasteiger partial charge in [0.25, 0.3) is 0 Å². The molecule has 2 aliphatic rings. The molecule has 2 atom stereocenters. The number of rotatable bonds is 7. The molecule has 41 heavy (non-hydrogen) atoms. The first-order valence-corrected chi connectivity index (χ1v) is 14.4. The SMILES string of the molecule is C[C@H]1CCCN(Cc2cc(C(F)(F)F)c3cn(-c4cccc(C(c5nc(CO)cn5C)C5CCC5)c4)c(=O)n3c2)C1. The van der Waals surface area contributed by atoms with Crippen LogP contribution in [0.1, 0.15) is 73.2 Å². The fourth-order valence-corrected chi connectivity index (χ4v) is 6.62. The van der Waals surface area contributed by atoms with Crippen LogP contribution in [0.2, 0.25) is 0 Å². The number of aliphatic hydroxyl groups excluding tert-OH is 1. The molecule has 1 unspecified atom stereocenters. The van der Waals surface area contributed by atoms with Gasteiger partial charge in [0.2, 0.25) is 0 Å². The predicted octanol–water partition coefficient (Wildman–Crippen LogP) is 5.50. The minimum absolute atomic E-state index is 0.0500. The van der Waals surface area contributed by atoms with Gasteiger partial charge in [-0.25, -0.2) is 9.78 Å².